The van der Waals surface area contributed by atoms with E-state index in [9.17, 15) is 14.9 Å². The monoisotopic (exact) mass is 795 g/mol. The summed E-state index contributed by atoms with van der Waals surface area (Å²) in [5.41, 5.74) is -1.64. The van der Waals surface area contributed by atoms with Crippen LogP contribution >= 0.6 is 22.9 Å². The Bertz CT molecular complexity index is 2190. The average Bonchev–Trinajstić information content (AvgIpc) is 3.71. The maximum Gasteiger partial charge on any atom is 0.412 e. The van der Waals surface area contributed by atoms with Crippen molar-refractivity contribution >= 4 is 66.9 Å². The number of halogens is 3. The van der Waals surface area contributed by atoms with Gasteiger partial charge in [0, 0.05) is 55.1 Å². The smallest absolute Gasteiger partial charge is 0.412 e. The van der Waals surface area contributed by atoms with E-state index in [-0.39, 0.29) is 61.0 Å². The summed E-state index contributed by atoms with van der Waals surface area (Å²) in [4.78, 5) is 40.6. The van der Waals surface area contributed by atoms with Gasteiger partial charge in [0.05, 0.1) is 15.3 Å². The van der Waals surface area contributed by atoms with E-state index < -0.39 is 35.0 Å². The first-order valence-corrected chi connectivity index (χ1v) is 19.2. The number of carbonyl (C=O) groups is 2. The van der Waals surface area contributed by atoms with Gasteiger partial charge in [-0.3, -0.25) is 10.2 Å². The standard InChI is InChI=1S/C39H44ClF2N7O5S/c1-8-13-47-14-9-10-22(47)21-52-35-44-31-24(33(45-35)48-15-17-49(18-16-48)37(51)54-39(5,6)7)19-26(40)29(30(31)42)23-11-12-27(41)32-28(23)25(20-43)34(55-32)46-36(50)53-38(2,3)4/h8,11-12,19,22H,1,9-10,13-18,21H2,2-7H3,(H,46,50)/t22-/m0/s1. The second-order valence-electron chi connectivity index (χ2n) is 15.5. The van der Waals surface area contributed by atoms with Crippen LogP contribution in [0.2, 0.25) is 5.02 Å². The van der Waals surface area contributed by atoms with Gasteiger partial charge < -0.3 is 24.0 Å². The van der Waals surface area contributed by atoms with Crippen LogP contribution in [0.4, 0.5) is 29.2 Å². The molecule has 12 nitrogen and oxygen atoms in total. The zero-order chi connectivity index (χ0) is 39.8. The number of nitriles is 1. The van der Waals surface area contributed by atoms with Crippen molar-refractivity contribution in [2.45, 2.75) is 71.6 Å². The topological polar surface area (TPSA) is 133 Å². The lowest BCUT2D eigenvalue weighted by atomic mass is 9.97. The molecule has 4 heterocycles. The first-order valence-electron chi connectivity index (χ1n) is 18.0. The molecule has 0 bridgehead atoms. The molecule has 0 unspecified atom stereocenters. The van der Waals surface area contributed by atoms with E-state index in [4.69, 9.17) is 30.8 Å². The number of rotatable bonds is 8. The van der Waals surface area contributed by atoms with E-state index in [1.807, 2.05) is 17.0 Å². The molecular weight excluding hydrogens is 752 g/mol. The molecule has 2 fully saturated rings. The molecule has 4 aromatic rings. The van der Waals surface area contributed by atoms with Crippen LogP contribution in [0.3, 0.4) is 0 Å². The summed E-state index contributed by atoms with van der Waals surface area (Å²) >= 11 is 7.75. The molecule has 0 spiro atoms. The predicted molar refractivity (Wildman–Crippen MR) is 210 cm³/mol. The summed E-state index contributed by atoms with van der Waals surface area (Å²) in [7, 11) is 0. The number of fused-ring (bicyclic) bond motifs is 2. The molecule has 1 N–H and O–H groups in total. The fourth-order valence-corrected chi connectivity index (χ4v) is 8.13. The van der Waals surface area contributed by atoms with Crippen LogP contribution in [0.15, 0.2) is 30.9 Å². The highest BCUT2D eigenvalue weighted by Crippen LogP contribution is 2.46. The molecule has 292 valence electrons. The van der Waals surface area contributed by atoms with Crippen molar-refractivity contribution in [1.29, 1.82) is 5.26 Å². The van der Waals surface area contributed by atoms with Crippen molar-refractivity contribution in [3.8, 4) is 23.2 Å². The largest absolute Gasteiger partial charge is 0.462 e. The Morgan fingerprint density at radius 2 is 1.80 bits per heavy atom. The van der Waals surface area contributed by atoms with Gasteiger partial charge in [0.15, 0.2) is 5.82 Å². The van der Waals surface area contributed by atoms with Gasteiger partial charge in [-0.25, -0.2) is 18.4 Å². The molecule has 6 rings (SSSR count). The maximum absolute atomic E-state index is 17.2. The number of piperazine rings is 1. The number of carbonyl (C=O) groups excluding carboxylic acids is 2. The quantitative estimate of drug-likeness (QED) is 0.173. The normalized spacial score (nSPS) is 16.7. The minimum atomic E-state index is -0.832. The lowest BCUT2D eigenvalue weighted by Gasteiger charge is -2.36. The SMILES string of the molecule is C=CCN1CCC[C@H]1COc1nc(N2CCN(C(=O)OC(C)(C)C)CC2)c2cc(Cl)c(-c3ccc(F)c4sc(NC(=O)OC(C)(C)C)c(C#N)c34)c(F)c2n1. The molecule has 16 heteroatoms. The molecule has 2 aliphatic heterocycles. The Balaban J connectivity index is 1.44. The highest BCUT2D eigenvalue weighted by atomic mass is 35.5. The highest BCUT2D eigenvalue weighted by molar-refractivity contribution is 7.23. The number of likely N-dealkylation sites (tertiary alicyclic amines) is 1. The fourth-order valence-electron chi connectivity index (χ4n) is 6.77. The minimum Gasteiger partial charge on any atom is -0.462 e. The number of nitrogens with zero attached hydrogens (tertiary/aromatic N) is 6. The number of nitrogens with one attached hydrogen (secondary N) is 1. The van der Waals surface area contributed by atoms with Crippen LogP contribution in [0.25, 0.3) is 32.1 Å². The number of hydrogen-bond donors (Lipinski definition) is 1. The summed E-state index contributed by atoms with van der Waals surface area (Å²) in [6.45, 7) is 17.6. The van der Waals surface area contributed by atoms with Crippen LogP contribution in [0.5, 0.6) is 6.01 Å². The molecule has 2 aromatic carbocycles. The Morgan fingerprint density at radius 3 is 2.45 bits per heavy atom. The summed E-state index contributed by atoms with van der Waals surface area (Å²) < 4.78 is 49.8. The number of aromatic nitrogens is 2. The van der Waals surface area contributed by atoms with Crippen molar-refractivity contribution < 1.29 is 32.6 Å². The molecule has 2 aliphatic rings. The number of amides is 2. The number of benzene rings is 2. The van der Waals surface area contributed by atoms with Gasteiger partial charge in [0.1, 0.15) is 46.0 Å². The molecule has 55 heavy (non-hydrogen) atoms. The number of thiophene rings is 1. The van der Waals surface area contributed by atoms with Crippen LogP contribution in [0.1, 0.15) is 59.9 Å². The molecule has 1 atom stereocenters. The van der Waals surface area contributed by atoms with Crippen molar-refractivity contribution in [2.75, 3.05) is 56.1 Å². The summed E-state index contributed by atoms with van der Waals surface area (Å²) in [5.74, 6) is -1.13. The Kier molecular flexibility index (Phi) is 11.4. The Labute approximate surface area is 327 Å². The van der Waals surface area contributed by atoms with Crippen LogP contribution in [-0.4, -0.2) is 95.1 Å². The molecule has 0 radical (unpaired) electrons. The molecule has 0 saturated carbocycles. The van der Waals surface area contributed by atoms with E-state index in [1.54, 1.807) is 52.5 Å². The molecule has 2 saturated heterocycles. The van der Waals surface area contributed by atoms with Crippen molar-refractivity contribution in [1.82, 2.24) is 19.8 Å². The van der Waals surface area contributed by atoms with Gasteiger partial charge in [-0.2, -0.15) is 15.2 Å². The van der Waals surface area contributed by atoms with Gasteiger partial charge in [0.25, 0.3) is 0 Å². The lowest BCUT2D eigenvalue weighted by molar-refractivity contribution is 0.0240. The van der Waals surface area contributed by atoms with E-state index in [0.717, 1.165) is 36.8 Å². The second-order valence-corrected chi connectivity index (χ2v) is 16.9. The number of anilines is 2. The van der Waals surface area contributed by atoms with Crippen LogP contribution in [-0.2, 0) is 9.47 Å². The van der Waals surface area contributed by atoms with Crippen LogP contribution < -0.4 is 15.0 Å². The second kappa shape index (κ2) is 15.8. The van der Waals surface area contributed by atoms with E-state index in [1.165, 1.54) is 6.07 Å². The summed E-state index contributed by atoms with van der Waals surface area (Å²) in [6.07, 6.45) is 2.49. The third-order valence-electron chi connectivity index (χ3n) is 9.13. The third kappa shape index (κ3) is 8.71. The molecule has 0 aliphatic carbocycles. The highest BCUT2D eigenvalue weighted by Gasteiger charge is 2.31. The van der Waals surface area contributed by atoms with Gasteiger partial charge in [-0.1, -0.05) is 23.7 Å². The first-order chi connectivity index (χ1) is 26.0. The number of ether oxygens (including phenoxy) is 3. The lowest BCUT2D eigenvalue weighted by Crippen LogP contribution is -2.50. The van der Waals surface area contributed by atoms with Crippen molar-refractivity contribution in [3.63, 3.8) is 0 Å². The van der Waals surface area contributed by atoms with Crippen LogP contribution in [0, 0.1) is 23.0 Å². The molecular formula is C39H44ClF2N7O5S. The zero-order valence-electron chi connectivity index (χ0n) is 31.7. The van der Waals surface area contributed by atoms with Gasteiger partial charge in [-0.05, 0) is 78.6 Å². The van der Waals surface area contributed by atoms with Gasteiger partial charge in [0.2, 0.25) is 0 Å². The van der Waals surface area contributed by atoms with E-state index >= 15 is 8.78 Å². The first kappa shape index (κ1) is 39.9. The summed E-state index contributed by atoms with van der Waals surface area (Å²) in [6, 6.07) is 6.15. The predicted octanol–water partition coefficient (Wildman–Crippen LogP) is 8.75. The number of hydrogen-bond acceptors (Lipinski definition) is 11. The average molecular weight is 796 g/mol. The van der Waals surface area contributed by atoms with Gasteiger partial charge >= 0.3 is 18.2 Å². The maximum atomic E-state index is 17.2. The zero-order valence-corrected chi connectivity index (χ0v) is 33.3. The Morgan fingerprint density at radius 1 is 1.09 bits per heavy atom. The molecule has 2 amide bonds. The minimum absolute atomic E-state index is 0.0200. The summed E-state index contributed by atoms with van der Waals surface area (Å²) in [5, 5.41) is 13.2. The van der Waals surface area contributed by atoms with E-state index in [2.05, 4.69) is 21.8 Å². The molecule has 2 aromatic heterocycles. The van der Waals surface area contributed by atoms with Crippen molar-refractivity contribution in [2.24, 2.45) is 0 Å². The van der Waals surface area contributed by atoms with E-state index in [0.29, 0.717) is 43.9 Å². The van der Waals surface area contributed by atoms with Crippen molar-refractivity contribution in [3.05, 3.63) is 53.1 Å². The Hall–Kier alpha value is -4.78. The van der Waals surface area contributed by atoms with Gasteiger partial charge in [-0.15, -0.1) is 17.9 Å². The third-order valence-corrected chi connectivity index (χ3v) is 10.5. The fraction of sp³-hybridized carbons (Fsp3) is 0.462.